The zero-order valence-electron chi connectivity index (χ0n) is 21.6. The molecule has 1 saturated heterocycles. The van der Waals surface area contributed by atoms with E-state index in [0.29, 0.717) is 17.3 Å². The first-order chi connectivity index (χ1) is 16.5. The minimum absolute atomic E-state index is 0.0718. The van der Waals surface area contributed by atoms with Gasteiger partial charge in [-0.1, -0.05) is 36.4 Å². The van der Waals surface area contributed by atoms with Crippen molar-refractivity contribution in [3.8, 4) is 0 Å². The van der Waals surface area contributed by atoms with Crippen LogP contribution in [0.2, 0.25) is 0 Å². The molecule has 2 aromatic carbocycles. The fourth-order valence-corrected chi connectivity index (χ4v) is 5.38. The topological polar surface area (TPSA) is 95.6 Å². The average molecular weight is 470 g/mol. The van der Waals surface area contributed by atoms with Crippen molar-refractivity contribution >= 4 is 28.9 Å². The number of hydrogen-bond acceptors (Lipinski definition) is 5. The second-order valence-electron chi connectivity index (χ2n) is 10.9. The first-order valence-corrected chi connectivity index (χ1v) is 12.2. The van der Waals surface area contributed by atoms with Crippen LogP contribution in [-0.4, -0.2) is 28.7 Å². The third kappa shape index (κ3) is 7.59. The highest BCUT2D eigenvalue weighted by molar-refractivity contribution is 6.12. The van der Waals surface area contributed by atoms with E-state index in [-0.39, 0.29) is 11.1 Å². The highest BCUT2D eigenvalue weighted by Gasteiger charge is 2.37. The van der Waals surface area contributed by atoms with Crippen molar-refractivity contribution in [2.45, 2.75) is 65.0 Å². The zero-order chi connectivity index (χ0) is 25.6. The molecule has 0 bridgehead atoms. The van der Waals surface area contributed by atoms with Gasteiger partial charge in [0.15, 0.2) is 0 Å². The van der Waals surface area contributed by atoms with Crippen LogP contribution in [0.1, 0.15) is 63.6 Å². The predicted octanol–water partition coefficient (Wildman–Crippen LogP) is 6.99. The Balaban J connectivity index is 1.65. The van der Waals surface area contributed by atoms with Crippen molar-refractivity contribution in [3.63, 3.8) is 0 Å². The smallest absolute Gasteiger partial charge is 0.0615 e. The van der Waals surface area contributed by atoms with Gasteiger partial charge in [0.25, 0.3) is 0 Å². The van der Waals surface area contributed by atoms with Gasteiger partial charge in [0, 0.05) is 46.0 Å². The molecule has 2 aromatic rings. The predicted molar refractivity (Wildman–Crippen MR) is 150 cm³/mol. The lowest BCUT2D eigenvalue weighted by Crippen LogP contribution is -2.57. The molecular formula is C30H39N5. The third-order valence-electron chi connectivity index (χ3n) is 6.41. The second-order valence-corrected chi connectivity index (χ2v) is 10.9. The van der Waals surface area contributed by atoms with E-state index in [9.17, 15) is 0 Å². The van der Waals surface area contributed by atoms with Crippen LogP contribution in [-0.2, 0) is 0 Å². The van der Waals surface area contributed by atoms with Gasteiger partial charge in [-0.15, -0.1) is 0 Å². The summed E-state index contributed by atoms with van der Waals surface area (Å²) in [5.74, 6) is 0.462. The fraction of sp³-hybridized carbons (Fsp3) is 0.367. The first kappa shape index (κ1) is 26.3. The number of aryl methyl sites for hydroxylation is 1. The summed E-state index contributed by atoms with van der Waals surface area (Å²) in [4.78, 5) is 0. The molecule has 35 heavy (non-hydrogen) atoms. The Bertz CT molecular complexity index is 1120. The summed E-state index contributed by atoms with van der Waals surface area (Å²) < 4.78 is 0. The molecule has 1 fully saturated rings. The molecule has 1 aliphatic heterocycles. The highest BCUT2D eigenvalue weighted by atomic mass is 15.0. The zero-order valence-corrected chi connectivity index (χ0v) is 21.6. The lowest BCUT2D eigenvalue weighted by molar-refractivity contribution is 0.132. The minimum atomic E-state index is 0.0718. The normalized spacial score (nSPS) is 17.8. The van der Waals surface area contributed by atoms with Crippen LogP contribution in [0, 0.1) is 29.1 Å². The van der Waals surface area contributed by atoms with Gasteiger partial charge in [-0.3, -0.25) is 0 Å². The lowest BCUT2D eigenvalue weighted by Gasteiger charge is -2.46. The molecule has 184 valence electrons. The third-order valence-corrected chi connectivity index (χ3v) is 6.41. The summed E-state index contributed by atoms with van der Waals surface area (Å²) in [7, 11) is 0. The number of benzene rings is 2. The Hall–Kier alpha value is -3.31. The maximum Gasteiger partial charge on any atom is 0.0615 e. The van der Waals surface area contributed by atoms with Crippen LogP contribution in [0.5, 0.6) is 0 Å². The molecule has 5 N–H and O–H groups in total. The summed E-state index contributed by atoms with van der Waals surface area (Å²) in [6, 6.07) is 15.7. The Kier molecular flexibility index (Phi) is 8.23. The number of piperidine rings is 1. The van der Waals surface area contributed by atoms with Crippen LogP contribution in [0.25, 0.3) is 5.57 Å². The molecule has 0 amide bonds. The molecule has 5 nitrogen and oxygen atoms in total. The van der Waals surface area contributed by atoms with Crippen molar-refractivity contribution in [1.82, 2.24) is 5.32 Å². The molecular weight excluding hydrogens is 430 g/mol. The lowest BCUT2D eigenvalue weighted by atomic mass is 9.74. The average Bonchev–Trinajstić information content (AvgIpc) is 2.76. The van der Waals surface area contributed by atoms with Crippen LogP contribution < -0.4 is 10.6 Å². The quantitative estimate of drug-likeness (QED) is 0.256. The molecule has 0 unspecified atom stereocenters. The maximum absolute atomic E-state index is 8.56. The van der Waals surface area contributed by atoms with E-state index in [4.69, 9.17) is 16.2 Å². The van der Waals surface area contributed by atoms with Gasteiger partial charge in [0.05, 0.1) is 5.71 Å². The van der Waals surface area contributed by atoms with Gasteiger partial charge < -0.3 is 26.9 Å². The van der Waals surface area contributed by atoms with E-state index in [2.05, 4.69) is 38.3 Å². The number of para-hydroxylation sites is 1. The van der Waals surface area contributed by atoms with E-state index < -0.39 is 0 Å². The number of hydrogen-bond donors (Lipinski definition) is 5. The van der Waals surface area contributed by atoms with E-state index in [1.54, 1.807) is 12.2 Å². The van der Waals surface area contributed by atoms with Gasteiger partial charge in [0.1, 0.15) is 0 Å². The molecule has 0 radical (unpaired) electrons. The Morgan fingerprint density at radius 2 is 1.66 bits per heavy atom. The van der Waals surface area contributed by atoms with Gasteiger partial charge in [0.2, 0.25) is 0 Å². The highest BCUT2D eigenvalue weighted by Crippen LogP contribution is 2.34. The van der Waals surface area contributed by atoms with E-state index in [0.717, 1.165) is 47.2 Å². The van der Waals surface area contributed by atoms with Crippen molar-refractivity contribution in [3.05, 3.63) is 83.6 Å². The van der Waals surface area contributed by atoms with Crippen LogP contribution in [0.3, 0.4) is 0 Å². The standard InChI is InChI=1S/C30H39N5/c1-21-15-23(24(19-31)20-34-26-9-7-6-8-10-26)11-13-27(21)28(33)14-12-25(32)16-22-17-29(2,3)35-30(4,5)18-22/h6-15,19-20,22,31-35H,16-18H2,1-5H3/b14-12-,24-20+,31-19?,32-25?,33-28?. The summed E-state index contributed by atoms with van der Waals surface area (Å²) in [6.07, 6.45) is 9.51. The maximum atomic E-state index is 8.56. The number of rotatable bonds is 9. The van der Waals surface area contributed by atoms with Gasteiger partial charge in [-0.2, -0.15) is 0 Å². The molecule has 1 heterocycles. The summed E-state index contributed by atoms with van der Waals surface area (Å²) in [5, 5.41) is 31.8. The molecule has 0 aliphatic carbocycles. The largest absolute Gasteiger partial charge is 0.361 e. The van der Waals surface area contributed by atoms with Crippen LogP contribution in [0.15, 0.2) is 66.9 Å². The monoisotopic (exact) mass is 469 g/mol. The summed E-state index contributed by atoms with van der Waals surface area (Å²) in [5.41, 5.74) is 5.57. The minimum Gasteiger partial charge on any atom is -0.361 e. The van der Waals surface area contributed by atoms with Gasteiger partial charge in [-0.05, 0) is 95.2 Å². The molecule has 5 heteroatoms. The number of anilines is 1. The van der Waals surface area contributed by atoms with E-state index in [1.165, 1.54) is 6.21 Å². The van der Waals surface area contributed by atoms with Crippen LogP contribution >= 0.6 is 0 Å². The molecule has 0 aromatic heterocycles. The SMILES string of the molecule is Cc1cc(/C(C=N)=C/Nc2ccccc2)ccc1C(=N)/C=C\C(=N)CC1CC(C)(C)NC(C)(C)C1. The van der Waals surface area contributed by atoms with Crippen molar-refractivity contribution in [2.24, 2.45) is 5.92 Å². The summed E-state index contributed by atoms with van der Waals surface area (Å²) >= 11 is 0. The molecule has 0 saturated carbocycles. The fourth-order valence-electron chi connectivity index (χ4n) is 5.38. The van der Waals surface area contributed by atoms with E-state index in [1.807, 2.05) is 61.7 Å². The molecule has 3 rings (SSSR count). The number of nitrogens with one attached hydrogen (secondary N) is 5. The van der Waals surface area contributed by atoms with Crippen molar-refractivity contribution < 1.29 is 0 Å². The van der Waals surface area contributed by atoms with Gasteiger partial charge >= 0.3 is 0 Å². The van der Waals surface area contributed by atoms with E-state index >= 15 is 0 Å². The van der Waals surface area contributed by atoms with Gasteiger partial charge in [-0.25, -0.2) is 0 Å². The first-order valence-electron chi connectivity index (χ1n) is 12.2. The van der Waals surface area contributed by atoms with Crippen molar-refractivity contribution in [1.29, 1.82) is 16.2 Å². The summed E-state index contributed by atoms with van der Waals surface area (Å²) in [6.45, 7) is 10.9. The molecule has 0 atom stereocenters. The van der Waals surface area contributed by atoms with Crippen molar-refractivity contribution in [2.75, 3.05) is 5.32 Å². The number of allylic oxidation sites excluding steroid dienone is 3. The molecule has 0 spiro atoms. The Morgan fingerprint density at radius 3 is 2.26 bits per heavy atom. The van der Waals surface area contributed by atoms with Crippen LogP contribution in [0.4, 0.5) is 5.69 Å². The second kappa shape index (κ2) is 11.0. The Morgan fingerprint density at radius 1 is 1.00 bits per heavy atom. The molecule has 1 aliphatic rings. The Labute approximate surface area is 210 Å².